The lowest BCUT2D eigenvalue weighted by molar-refractivity contribution is 0.0825. The summed E-state index contributed by atoms with van der Waals surface area (Å²) in [5.74, 6) is 0.689. The molecule has 21 heavy (non-hydrogen) atoms. The third-order valence-electron chi connectivity index (χ3n) is 6.27. The van der Waals surface area contributed by atoms with Gasteiger partial charge in [0.2, 0.25) is 0 Å². The maximum atomic E-state index is 12.6. The summed E-state index contributed by atoms with van der Waals surface area (Å²) in [5, 5.41) is 3.85. The molecule has 1 aromatic rings. The van der Waals surface area contributed by atoms with Gasteiger partial charge in [-0.05, 0) is 70.1 Å². The van der Waals surface area contributed by atoms with Gasteiger partial charge in [0.25, 0.3) is 5.91 Å². The van der Waals surface area contributed by atoms with E-state index in [0.29, 0.717) is 16.0 Å². The summed E-state index contributed by atoms with van der Waals surface area (Å²) in [5.41, 5.74) is 1.11. The molecule has 0 radical (unpaired) electrons. The number of carbonyl (C=O) groups excluding carboxylic acids is 1. The molecule has 2 saturated carbocycles. The lowest BCUT2D eigenvalue weighted by Crippen LogP contribution is -2.46. The minimum atomic E-state index is -0.0287. The van der Waals surface area contributed by atoms with Crippen LogP contribution in [0.3, 0.4) is 0 Å². The molecule has 3 atom stereocenters. The smallest absolute Gasteiger partial charge is 0.252 e. The Bertz CT molecular complexity index is 600. The van der Waals surface area contributed by atoms with Crippen LogP contribution in [-0.2, 0) is 0 Å². The number of amides is 1. The van der Waals surface area contributed by atoms with Crippen molar-refractivity contribution in [2.75, 3.05) is 0 Å². The van der Waals surface area contributed by atoms with Crippen molar-refractivity contribution in [2.24, 2.45) is 16.7 Å². The Hall–Kier alpha value is -0.540. The molecule has 1 aromatic carbocycles. The van der Waals surface area contributed by atoms with E-state index < -0.39 is 0 Å². The molecule has 1 N–H and O–H groups in total. The summed E-state index contributed by atoms with van der Waals surface area (Å²) in [7, 11) is 0. The molecule has 0 heterocycles. The number of nitrogens with one attached hydrogen (secondary N) is 1. The SMILES string of the molecule is CC1(C)C2CCC1(C)C(NC(=O)c1cc(Cl)ccc1Br)C2. The van der Waals surface area contributed by atoms with E-state index >= 15 is 0 Å². The molecule has 3 unspecified atom stereocenters. The van der Waals surface area contributed by atoms with Crippen molar-refractivity contribution >= 4 is 33.4 Å². The molecule has 0 aliphatic heterocycles. The van der Waals surface area contributed by atoms with Crippen LogP contribution in [0.4, 0.5) is 0 Å². The van der Waals surface area contributed by atoms with Crippen LogP contribution >= 0.6 is 27.5 Å². The summed E-state index contributed by atoms with van der Waals surface area (Å²) >= 11 is 9.45. The van der Waals surface area contributed by atoms with Crippen molar-refractivity contribution < 1.29 is 4.79 Å². The van der Waals surface area contributed by atoms with Gasteiger partial charge in [-0.1, -0.05) is 32.4 Å². The van der Waals surface area contributed by atoms with Crippen LogP contribution in [0.5, 0.6) is 0 Å². The number of rotatable bonds is 2. The summed E-state index contributed by atoms with van der Waals surface area (Å²) in [6, 6.07) is 5.58. The van der Waals surface area contributed by atoms with E-state index in [4.69, 9.17) is 11.6 Å². The quantitative estimate of drug-likeness (QED) is 0.775. The zero-order valence-electron chi connectivity index (χ0n) is 12.7. The molecule has 0 saturated heterocycles. The van der Waals surface area contributed by atoms with Gasteiger partial charge in [0.1, 0.15) is 0 Å². The third-order valence-corrected chi connectivity index (χ3v) is 7.20. The predicted molar refractivity (Wildman–Crippen MR) is 89.6 cm³/mol. The van der Waals surface area contributed by atoms with E-state index in [0.717, 1.165) is 16.8 Å². The van der Waals surface area contributed by atoms with E-state index in [9.17, 15) is 4.79 Å². The maximum Gasteiger partial charge on any atom is 0.252 e. The molecule has 3 rings (SSSR count). The molecule has 2 fully saturated rings. The molecule has 0 spiro atoms. The second kappa shape index (κ2) is 4.99. The van der Waals surface area contributed by atoms with Gasteiger partial charge >= 0.3 is 0 Å². The topological polar surface area (TPSA) is 29.1 Å². The monoisotopic (exact) mass is 369 g/mol. The summed E-state index contributed by atoms with van der Waals surface area (Å²) < 4.78 is 0.789. The Kier molecular flexibility index (Phi) is 3.65. The zero-order chi connectivity index (χ0) is 15.4. The Balaban J connectivity index is 1.82. The predicted octanol–water partition coefficient (Wildman–Crippen LogP) is 5.05. The van der Waals surface area contributed by atoms with Crippen molar-refractivity contribution in [3.63, 3.8) is 0 Å². The van der Waals surface area contributed by atoms with E-state index in [1.54, 1.807) is 12.1 Å². The summed E-state index contributed by atoms with van der Waals surface area (Å²) in [6.07, 6.45) is 3.58. The van der Waals surface area contributed by atoms with E-state index in [2.05, 4.69) is 42.0 Å². The number of carbonyl (C=O) groups is 1. The average Bonchev–Trinajstić information content (AvgIpc) is 2.74. The largest absolute Gasteiger partial charge is 0.349 e. The number of hydrogen-bond donors (Lipinski definition) is 1. The van der Waals surface area contributed by atoms with Crippen molar-refractivity contribution in [1.29, 1.82) is 0 Å². The van der Waals surface area contributed by atoms with Crippen LogP contribution in [0.25, 0.3) is 0 Å². The fraction of sp³-hybridized carbons (Fsp3) is 0.588. The van der Waals surface area contributed by atoms with Crippen molar-refractivity contribution in [1.82, 2.24) is 5.32 Å². The lowest BCUT2D eigenvalue weighted by atomic mass is 9.69. The Morgan fingerprint density at radius 1 is 1.38 bits per heavy atom. The number of halogens is 2. The highest BCUT2D eigenvalue weighted by atomic mass is 79.9. The van der Waals surface area contributed by atoms with Gasteiger partial charge in [-0.3, -0.25) is 4.79 Å². The molecule has 114 valence electrons. The van der Waals surface area contributed by atoms with Gasteiger partial charge in [-0.15, -0.1) is 0 Å². The van der Waals surface area contributed by atoms with Gasteiger partial charge in [-0.25, -0.2) is 0 Å². The average molecular weight is 371 g/mol. The molecular weight excluding hydrogens is 350 g/mol. The van der Waals surface area contributed by atoms with Crippen molar-refractivity contribution in [3.05, 3.63) is 33.3 Å². The Labute approximate surface area is 139 Å². The first-order valence-corrected chi connectivity index (χ1v) is 8.69. The molecule has 2 nitrogen and oxygen atoms in total. The second-order valence-corrected chi connectivity index (χ2v) is 8.55. The number of hydrogen-bond acceptors (Lipinski definition) is 1. The van der Waals surface area contributed by atoms with Crippen LogP contribution in [-0.4, -0.2) is 11.9 Å². The molecule has 2 bridgehead atoms. The van der Waals surface area contributed by atoms with Crippen molar-refractivity contribution in [2.45, 2.75) is 46.1 Å². The van der Waals surface area contributed by atoms with Crippen LogP contribution in [0.15, 0.2) is 22.7 Å². The minimum Gasteiger partial charge on any atom is -0.349 e. The van der Waals surface area contributed by atoms with Crippen LogP contribution in [0.2, 0.25) is 5.02 Å². The van der Waals surface area contributed by atoms with Crippen LogP contribution < -0.4 is 5.32 Å². The van der Waals surface area contributed by atoms with Gasteiger partial charge in [0, 0.05) is 15.5 Å². The fourth-order valence-electron chi connectivity index (χ4n) is 4.33. The van der Waals surface area contributed by atoms with Crippen LogP contribution in [0.1, 0.15) is 50.4 Å². The molecule has 2 aliphatic rings. The first-order valence-electron chi connectivity index (χ1n) is 7.51. The zero-order valence-corrected chi connectivity index (χ0v) is 15.0. The minimum absolute atomic E-state index is 0.0287. The first-order chi connectivity index (χ1) is 9.75. The first kappa shape index (κ1) is 15.4. The summed E-state index contributed by atoms with van der Waals surface area (Å²) in [4.78, 5) is 12.6. The Morgan fingerprint density at radius 3 is 2.67 bits per heavy atom. The van der Waals surface area contributed by atoms with Gasteiger partial charge in [-0.2, -0.15) is 0 Å². The van der Waals surface area contributed by atoms with Gasteiger partial charge < -0.3 is 5.32 Å². The third kappa shape index (κ3) is 2.24. The highest BCUT2D eigenvalue weighted by molar-refractivity contribution is 9.10. The van der Waals surface area contributed by atoms with Gasteiger partial charge in [0.05, 0.1) is 5.56 Å². The maximum absolute atomic E-state index is 12.6. The molecule has 0 aromatic heterocycles. The molecule has 1 amide bonds. The van der Waals surface area contributed by atoms with Crippen molar-refractivity contribution in [3.8, 4) is 0 Å². The Morgan fingerprint density at radius 2 is 2.10 bits per heavy atom. The summed E-state index contributed by atoms with van der Waals surface area (Å²) in [6.45, 7) is 7.04. The fourth-order valence-corrected chi connectivity index (χ4v) is 4.93. The highest BCUT2D eigenvalue weighted by Crippen LogP contribution is 2.65. The van der Waals surface area contributed by atoms with Gasteiger partial charge in [0.15, 0.2) is 0 Å². The molecular formula is C17H21BrClNO. The normalized spacial score (nSPS) is 33.2. The number of fused-ring (bicyclic) bond motifs is 2. The highest BCUT2D eigenvalue weighted by Gasteiger charge is 2.61. The number of benzene rings is 1. The molecule has 2 aliphatic carbocycles. The van der Waals surface area contributed by atoms with Crippen LogP contribution in [0, 0.1) is 16.7 Å². The standard InChI is InChI=1S/C17H21BrClNO/c1-16(2)10-6-7-17(16,3)14(8-10)20-15(21)12-9-11(19)4-5-13(12)18/h4-5,9-10,14H,6-8H2,1-3H3,(H,20,21). The van der Waals surface area contributed by atoms with E-state index in [1.165, 1.54) is 12.8 Å². The second-order valence-electron chi connectivity index (χ2n) is 7.26. The van der Waals surface area contributed by atoms with E-state index in [-0.39, 0.29) is 17.4 Å². The lowest BCUT2D eigenvalue weighted by Gasteiger charge is -2.39. The van der Waals surface area contributed by atoms with E-state index in [1.807, 2.05) is 6.07 Å². The molecule has 4 heteroatoms.